The first kappa shape index (κ1) is 9.21. The van der Waals surface area contributed by atoms with Crippen LogP contribution in [-0.2, 0) is 0 Å². The highest BCUT2D eigenvalue weighted by molar-refractivity contribution is 5.51. The van der Waals surface area contributed by atoms with Crippen LogP contribution in [0, 0.1) is 11.3 Å². The molecular weight excluding hydrogens is 165 g/mol. The van der Waals surface area contributed by atoms with Crippen LogP contribution in [0.1, 0.15) is 5.56 Å². The van der Waals surface area contributed by atoms with Gasteiger partial charge in [-0.15, -0.1) is 0 Å². The number of halogens is 1. The summed E-state index contributed by atoms with van der Waals surface area (Å²) >= 11 is 0. The van der Waals surface area contributed by atoms with Crippen LogP contribution in [0.2, 0.25) is 0 Å². The third-order valence-corrected chi connectivity index (χ3v) is 1.44. The Morgan fingerprint density at radius 3 is 2.62 bits per heavy atom. The van der Waals surface area contributed by atoms with Gasteiger partial charge in [0.2, 0.25) is 0 Å². The standard InChI is InChI=1S/C11H8FN/c12-11(9-13)8-4-7-10-5-2-1-3-6-10/h1-8H. The summed E-state index contributed by atoms with van der Waals surface area (Å²) in [6.07, 6.45) is 4.37. The molecule has 64 valence electrons. The van der Waals surface area contributed by atoms with Crippen LogP contribution in [0.3, 0.4) is 0 Å². The molecule has 1 aromatic carbocycles. The van der Waals surface area contributed by atoms with Crippen molar-refractivity contribution in [3.8, 4) is 6.07 Å². The van der Waals surface area contributed by atoms with Gasteiger partial charge >= 0.3 is 0 Å². The van der Waals surface area contributed by atoms with Gasteiger partial charge < -0.3 is 0 Å². The number of benzene rings is 1. The van der Waals surface area contributed by atoms with Crippen molar-refractivity contribution in [2.75, 3.05) is 0 Å². The first-order valence-electron chi connectivity index (χ1n) is 3.82. The van der Waals surface area contributed by atoms with Crippen molar-refractivity contribution in [1.29, 1.82) is 5.26 Å². The summed E-state index contributed by atoms with van der Waals surface area (Å²) < 4.78 is 12.3. The summed E-state index contributed by atoms with van der Waals surface area (Å²) in [7, 11) is 0. The minimum absolute atomic E-state index is 0.785. The fourth-order valence-electron chi connectivity index (χ4n) is 0.845. The maximum absolute atomic E-state index is 12.3. The van der Waals surface area contributed by atoms with Crippen molar-refractivity contribution < 1.29 is 4.39 Å². The van der Waals surface area contributed by atoms with E-state index in [1.807, 2.05) is 30.3 Å². The highest BCUT2D eigenvalue weighted by Gasteiger charge is 1.84. The predicted molar refractivity (Wildman–Crippen MR) is 50.3 cm³/mol. The first-order chi connectivity index (χ1) is 6.33. The molecule has 2 heteroatoms. The number of rotatable bonds is 2. The van der Waals surface area contributed by atoms with Crippen LogP contribution >= 0.6 is 0 Å². The Labute approximate surface area is 76.4 Å². The molecule has 0 amide bonds. The van der Waals surface area contributed by atoms with Crippen molar-refractivity contribution in [1.82, 2.24) is 0 Å². The zero-order valence-electron chi connectivity index (χ0n) is 6.94. The molecule has 0 saturated carbocycles. The molecule has 13 heavy (non-hydrogen) atoms. The molecule has 0 N–H and O–H groups in total. The van der Waals surface area contributed by atoms with E-state index in [4.69, 9.17) is 5.26 Å². The number of allylic oxidation sites excluding steroid dienone is 3. The van der Waals surface area contributed by atoms with Crippen LogP contribution in [0.25, 0.3) is 6.08 Å². The molecule has 0 saturated heterocycles. The highest BCUT2D eigenvalue weighted by Crippen LogP contribution is 2.02. The quantitative estimate of drug-likeness (QED) is 0.498. The van der Waals surface area contributed by atoms with E-state index in [2.05, 4.69) is 0 Å². The third-order valence-electron chi connectivity index (χ3n) is 1.44. The van der Waals surface area contributed by atoms with E-state index >= 15 is 0 Å². The second-order valence-corrected chi connectivity index (χ2v) is 2.40. The van der Waals surface area contributed by atoms with Crippen LogP contribution < -0.4 is 0 Å². The van der Waals surface area contributed by atoms with Gasteiger partial charge in [-0.3, -0.25) is 0 Å². The second-order valence-electron chi connectivity index (χ2n) is 2.40. The molecule has 0 aromatic heterocycles. The summed E-state index contributed by atoms with van der Waals surface area (Å²) in [4.78, 5) is 0. The Kier molecular flexibility index (Phi) is 3.46. The SMILES string of the molecule is N#CC(F)=CC=Cc1ccccc1. The largest absolute Gasteiger partial charge is 0.200 e. The van der Waals surface area contributed by atoms with Crippen LogP contribution in [0.15, 0.2) is 48.3 Å². The maximum Gasteiger partial charge on any atom is 0.200 e. The Morgan fingerprint density at radius 1 is 1.31 bits per heavy atom. The molecule has 1 rings (SSSR count). The molecule has 0 atom stereocenters. The third kappa shape index (κ3) is 3.35. The summed E-state index contributed by atoms with van der Waals surface area (Å²) in [6, 6.07) is 10.9. The van der Waals surface area contributed by atoms with Gasteiger partial charge in [0.25, 0.3) is 0 Å². The lowest BCUT2D eigenvalue weighted by Crippen LogP contribution is -1.67. The Bertz CT molecular complexity index is 357. The predicted octanol–water partition coefficient (Wildman–Crippen LogP) is 3.08. The van der Waals surface area contributed by atoms with E-state index in [0.717, 1.165) is 11.6 Å². The molecule has 0 aliphatic carbocycles. The molecule has 0 radical (unpaired) electrons. The van der Waals surface area contributed by atoms with Crippen LogP contribution in [0.5, 0.6) is 0 Å². The van der Waals surface area contributed by atoms with E-state index in [-0.39, 0.29) is 0 Å². The summed E-state index contributed by atoms with van der Waals surface area (Å²) in [5, 5.41) is 8.10. The van der Waals surface area contributed by atoms with E-state index in [1.165, 1.54) is 12.1 Å². The zero-order chi connectivity index (χ0) is 9.52. The normalized spacial score (nSPS) is 11.5. The van der Waals surface area contributed by atoms with Gasteiger partial charge in [0.05, 0.1) is 0 Å². The van der Waals surface area contributed by atoms with Gasteiger partial charge in [0.1, 0.15) is 6.07 Å². The number of hydrogen-bond donors (Lipinski definition) is 0. The first-order valence-corrected chi connectivity index (χ1v) is 3.82. The van der Waals surface area contributed by atoms with E-state index in [0.29, 0.717) is 0 Å². The van der Waals surface area contributed by atoms with Gasteiger partial charge in [-0.05, 0) is 11.6 Å². The van der Waals surface area contributed by atoms with Crippen molar-refractivity contribution >= 4 is 6.08 Å². The fourth-order valence-corrected chi connectivity index (χ4v) is 0.845. The molecule has 0 aliphatic rings. The average Bonchev–Trinajstić information content (AvgIpc) is 2.19. The van der Waals surface area contributed by atoms with E-state index < -0.39 is 5.83 Å². The van der Waals surface area contributed by atoms with Crippen LogP contribution in [0.4, 0.5) is 4.39 Å². The average molecular weight is 173 g/mol. The smallest absolute Gasteiger partial charge is 0.195 e. The molecular formula is C11H8FN. The van der Waals surface area contributed by atoms with Gasteiger partial charge in [-0.25, -0.2) is 0 Å². The van der Waals surface area contributed by atoms with Crippen molar-refractivity contribution in [2.24, 2.45) is 0 Å². The van der Waals surface area contributed by atoms with Crippen molar-refractivity contribution in [3.05, 3.63) is 53.9 Å². The lowest BCUT2D eigenvalue weighted by Gasteiger charge is -1.87. The molecule has 0 unspecified atom stereocenters. The minimum Gasteiger partial charge on any atom is -0.195 e. The molecule has 0 aliphatic heterocycles. The van der Waals surface area contributed by atoms with E-state index in [9.17, 15) is 4.39 Å². The Morgan fingerprint density at radius 2 is 2.00 bits per heavy atom. The van der Waals surface area contributed by atoms with Gasteiger partial charge in [-0.2, -0.15) is 9.65 Å². The lowest BCUT2D eigenvalue weighted by atomic mass is 10.2. The topological polar surface area (TPSA) is 23.8 Å². The van der Waals surface area contributed by atoms with Crippen molar-refractivity contribution in [2.45, 2.75) is 0 Å². The van der Waals surface area contributed by atoms with Crippen LogP contribution in [-0.4, -0.2) is 0 Å². The minimum atomic E-state index is -0.785. The number of hydrogen-bond acceptors (Lipinski definition) is 1. The Hall–Kier alpha value is -1.88. The fraction of sp³-hybridized carbons (Fsp3) is 0. The number of nitrogens with zero attached hydrogens (tertiary/aromatic N) is 1. The van der Waals surface area contributed by atoms with E-state index in [1.54, 1.807) is 6.08 Å². The number of nitriles is 1. The summed E-state index contributed by atoms with van der Waals surface area (Å²) in [6.45, 7) is 0. The Balaban J connectivity index is 2.66. The van der Waals surface area contributed by atoms with Gasteiger partial charge in [0, 0.05) is 0 Å². The molecule has 1 nitrogen and oxygen atoms in total. The monoisotopic (exact) mass is 173 g/mol. The molecule has 1 aromatic rings. The summed E-state index contributed by atoms with van der Waals surface area (Å²) in [5.74, 6) is -0.785. The molecule has 0 spiro atoms. The highest BCUT2D eigenvalue weighted by atomic mass is 19.1. The zero-order valence-corrected chi connectivity index (χ0v) is 6.94. The lowest BCUT2D eigenvalue weighted by molar-refractivity contribution is 0.672. The van der Waals surface area contributed by atoms with Gasteiger partial charge in [0.15, 0.2) is 5.83 Å². The summed E-state index contributed by atoms with van der Waals surface area (Å²) in [5.41, 5.74) is 0.976. The molecule has 0 bridgehead atoms. The van der Waals surface area contributed by atoms with Gasteiger partial charge in [-0.1, -0.05) is 42.5 Å². The molecule has 0 fully saturated rings. The molecule has 0 heterocycles. The second kappa shape index (κ2) is 4.89. The van der Waals surface area contributed by atoms with Crippen molar-refractivity contribution in [3.63, 3.8) is 0 Å². The maximum atomic E-state index is 12.3.